The van der Waals surface area contributed by atoms with Crippen molar-refractivity contribution in [3.63, 3.8) is 0 Å². The summed E-state index contributed by atoms with van der Waals surface area (Å²) in [6, 6.07) is 11.0. The molecule has 1 saturated heterocycles. The van der Waals surface area contributed by atoms with E-state index in [1.807, 2.05) is 31.3 Å². The van der Waals surface area contributed by atoms with Gasteiger partial charge in [0, 0.05) is 17.6 Å². The van der Waals surface area contributed by atoms with Crippen LogP contribution in [0.2, 0.25) is 5.02 Å². The molecule has 0 aliphatic carbocycles. The Morgan fingerprint density at radius 2 is 2.06 bits per heavy atom. The molecule has 0 bridgehead atoms. The van der Waals surface area contributed by atoms with Gasteiger partial charge in [0.25, 0.3) is 5.91 Å². The number of imide groups is 1. The normalized spacial score (nSPS) is 17.1. The summed E-state index contributed by atoms with van der Waals surface area (Å²) in [4.78, 5) is 38.4. The highest BCUT2D eigenvalue weighted by Crippen LogP contribution is 2.18. The van der Waals surface area contributed by atoms with Gasteiger partial charge in [-0.25, -0.2) is 4.79 Å². The Morgan fingerprint density at radius 3 is 2.87 bits per heavy atom. The third kappa shape index (κ3) is 4.51. The molecule has 0 saturated carbocycles. The molecular formula is C21H21ClN6O3. The van der Waals surface area contributed by atoms with E-state index < -0.39 is 12.1 Å². The lowest BCUT2D eigenvalue weighted by atomic mass is 10.1. The average molecular weight is 441 g/mol. The molecule has 2 aromatic heterocycles. The summed E-state index contributed by atoms with van der Waals surface area (Å²) in [5, 5.41) is 14.3. The molecule has 9 nitrogen and oxygen atoms in total. The first-order valence-electron chi connectivity index (χ1n) is 9.87. The summed E-state index contributed by atoms with van der Waals surface area (Å²) in [7, 11) is 0. The molecule has 1 aliphatic heterocycles. The number of fused-ring (bicyclic) bond motifs is 1. The quantitative estimate of drug-likeness (QED) is 0.548. The van der Waals surface area contributed by atoms with E-state index in [0.717, 1.165) is 10.5 Å². The van der Waals surface area contributed by atoms with E-state index in [9.17, 15) is 14.4 Å². The molecule has 10 heteroatoms. The SMILES string of the molecule is CC(NC(=O)CCC1NC(=O)N(Cc2cccc(Cl)c2)C1=O)c1nnc2ccccn12. The lowest BCUT2D eigenvalue weighted by Crippen LogP contribution is -2.33. The molecule has 3 aromatic rings. The van der Waals surface area contributed by atoms with Crippen LogP contribution in [-0.2, 0) is 16.1 Å². The number of carbonyl (C=O) groups is 3. The van der Waals surface area contributed by atoms with E-state index in [0.29, 0.717) is 16.5 Å². The molecule has 1 aliphatic rings. The Balaban J connectivity index is 1.32. The maximum absolute atomic E-state index is 12.6. The second-order valence-corrected chi connectivity index (χ2v) is 7.81. The van der Waals surface area contributed by atoms with Crippen LogP contribution >= 0.6 is 11.6 Å². The van der Waals surface area contributed by atoms with Crippen LogP contribution < -0.4 is 10.6 Å². The largest absolute Gasteiger partial charge is 0.346 e. The van der Waals surface area contributed by atoms with Crippen molar-refractivity contribution in [3.8, 4) is 0 Å². The Labute approximate surface area is 183 Å². The van der Waals surface area contributed by atoms with Gasteiger partial charge >= 0.3 is 6.03 Å². The van der Waals surface area contributed by atoms with Crippen LogP contribution in [0.3, 0.4) is 0 Å². The van der Waals surface area contributed by atoms with Crippen LogP contribution in [-0.4, -0.2) is 43.4 Å². The summed E-state index contributed by atoms with van der Waals surface area (Å²) >= 11 is 5.97. The van der Waals surface area contributed by atoms with Gasteiger partial charge in [0.05, 0.1) is 12.6 Å². The highest BCUT2D eigenvalue weighted by molar-refractivity contribution is 6.30. The molecule has 160 valence electrons. The van der Waals surface area contributed by atoms with Crippen molar-refractivity contribution in [2.45, 2.75) is 38.4 Å². The summed E-state index contributed by atoms with van der Waals surface area (Å²) in [5.74, 6) is 0.0201. The Hall–Kier alpha value is -3.46. The fourth-order valence-electron chi connectivity index (χ4n) is 3.55. The number of hydrogen-bond acceptors (Lipinski definition) is 5. The van der Waals surface area contributed by atoms with Gasteiger partial charge in [0.15, 0.2) is 11.5 Å². The molecule has 2 N–H and O–H groups in total. The fraction of sp³-hybridized carbons (Fsp3) is 0.286. The van der Waals surface area contributed by atoms with Gasteiger partial charge in [-0.15, -0.1) is 10.2 Å². The molecule has 2 unspecified atom stereocenters. The highest BCUT2D eigenvalue weighted by Gasteiger charge is 2.37. The molecule has 4 amide bonds. The van der Waals surface area contributed by atoms with Crippen LogP contribution in [0.15, 0.2) is 48.7 Å². The van der Waals surface area contributed by atoms with E-state index in [1.54, 1.807) is 28.7 Å². The predicted molar refractivity (Wildman–Crippen MR) is 113 cm³/mol. The van der Waals surface area contributed by atoms with Crippen molar-refractivity contribution >= 4 is 35.1 Å². The van der Waals surface area contributed by atoms with Crippen molar-refractivity contribution in [2.75, 3.05) is 0 Å². The first-order chi connectivity index (χ1) is 14.9. The minimum atomic E-state index is -0.735. The second-order valence-electron chi connectivity index (χ2n) is 7.37. The highest BCUT2D eigenvalue weighted by atomic mass is 35.5. The van der Waals surface area contributed by atoms with Crippen molar-refractivity contribution in [2.24, 2.45) is 0 Å². The lowest BCUT2D eigenvalue weighted by molar-refractivity contribution is -0.128. The van der Waals surface area contributed by atoms with E-state index in [2.05, 4.69) is 20.8 Å². The van der Waals surface area contributed by atoms with Crippen LogP contribution in [0, 0.1) is 0 Å². The minimum absolute atomic E-state index is 0.0861. The van der Waals surface area contributed by atoms with E-state index >= 15 is 0 Å². The number of urea groups is 1. The van der Waals surface area contributed by atoms with Crippen molar-refractivity contribution < 1.29 is 14.4 Å². The molecule has 0 spiro atoms. The monoisotopic (exact) mass is 440 g/mol. The average Bonchev–Trinajstić information content (AvgIpc) is 3.29. The number of pyridine rings is 1. The number of carbonyl (C=O) groups excluding carboxylic acids is 3. The minimum Gasteiger partial charge on any atom is -0.346 e. The van der Waals surface area contributed by atoms with Crippen LogP contribution in [0.4, 0.5) is 4.79 Å². The van der Waals surface area contributed by atoms with Gasteiger partial charge in [-0.05, 0) is 43.2 Å². The molecule has 3 heterocycles. The topological polar surface area (TPSA) is 109 Å². The van der Waals surface area contributed by atoms with E-state index in [4.69, 9.17) is 11.6 Å². The summed E-state index contributed by atoms with van der Waals surface area (Å²) in [5.41, 5.74) is 1.45. The van der Waals surface area contributed by atoms with Crippen molar-refractivity contribution in [3.05, 3.63) is 65.1 Å². The number of nitrogens with zero attached hydrogens (tertiary/aromatic N) is 4. The first-order valence-corrected chi connectivity index (χ1v) is 10.3. The molecule has 0 radical (unpaired) electrons. The molecular weight excluding hydrogens is 420 g/mol. The number of benzene rings is 1. The zero-order valence-electron chi connectivity index (χ0n) is 16.8. The Kier molecular flexibility index (Phi) is 5.85. The van der Waals surface area contributed by atoms with Crippen LogP contribution in [0.25, 0.3) is 5.65 Å². The maximum atomic E-state index is 12.6. The van der Waals surface area contributed by atoms with Gasteiger partial charge in [-0.3, -0.25) is 18.9 Å². The molecule has 1 aromatic carbocycles. The summed E-state index contributed by atoms with van der Waals surface area (Å²) in [6.07, 6.45) is 2.12. The zero-order valence-corrected chi connectivity index (χ0v) is 17.5. The smallest absolute Gasteiger partial charge is 0.325 e. The molecule has 2 atom stereocenters. The number of rotatable bonds is 7. The number of aromatic nitrogens is 3. The summed E-state index contributed by atoms with van der Waals surface area (Å²) < 4.78 is 1.80. The molecule has 4 rings (SSSR count). The van der Waals surface area contributed by atoms with Gasteiger partial charge in [0.1, 0.15) is 6.04 Å². The third-order valence-electron chi connectivity index (χ3n) is 5.10. The Bertz CT molecular complexity index is 1150. The van der Waals surface area contributed by atoms with Crippen molar-refractivity contribution in [1.29, 1.82) is 0 Å². The predicted octanol–water partition coefficient (Wildman–Crippen LogP) is 2.46. The number of nitrogens with one attached hydrogen (secondary N) is 2. The van der Waals surface area contributed by atoms with Gasteiger partial charge in [0.2, 0.25) is 5.91 Å². The first kappa shape index (κ1) is 20.8. The zero-order chi connectivity index (χ0) is 22.0. The molecule has 31 heavy (non-hydrogen) atoms. The third-order valence-corrected chi connectivity index (χ3v) is 5.34. The molecule has 1 fully saturated rings. The lowest BCUT2D eigenvalue weighted by Gasteiger charge is -2.14. The maximum Gasteiger partial charge on any atom is 0.325 e. The number of halogens is 1. The Morgan fingerprint density at radius 1 is 1.23 bits per heavy atom. The second kappa shape index (κ2) is 8.73. The standard InChI is InChI=1S/C21H21ClN6O3/c1-13(19-26-25-17-7-2-3-10-27(17)19)23-18(29)9-8-16-20(30)28(21(31)24-16)12-14-5-4-6-15(22)11-14/h2-7,10-11,13,16H,8-9,12H2,1H3,(H,23,29)(H,24,31). The van der Waals surface area contributed by atoms with Crippen LogP contribution in [0.1, 0.15) is 37.2 Å². The summed E-state index contributed by atoms with van der Waals surface area (Å²) in [6.45, 7) is 1.95. The van der Waals surface area contributed by atoms with Gasteiger partial charge in [-0.1, -0.05) is 29.8 Å². The van der Waals surface area contributed by atoms with Gasteiger partial charge in [-0.2, -0.15) is 0 Å². The van der Waals surface area contributed by atoms with E-state index in [1.165, 1.54) is 0 Å². The van der Waals surface area contributed by atoms with E-state index in [-0.39, 0.29) is 37.2 Å². The number of hydrogen-bond donors (Lipinski definition) is 2. The van der Waals surface area contributed by atoms with Crippen molar-refractivity contribution in [1.82, 2.24) is 30.1 Å². The van der Waals surface area contributed by atoms with Crippen LogP contribution in [0.5, 0.6) is 0 Å². The van der Waals surface area contributed by atoms with Gasteiger partial charge < -0.3 is 10.6 Å². The fourth-order valence-corrected chi connectivity index (χ4v) is 3.76. The number of amides is 4.